The van der Waals surface area contributed by atoms with Crippen molar-refractivity contribution >= 4 is 22.6 Å². The van der Waals surface area contributed by atoms with Gasteiger partial charge in [-0.05, 0) is 17.3 Å². The number of carbonyl (C=O) groups is 1. The number of anilines is 1. The van der Waals surface area contributed by atoms with Crippen LogP contribution in [0.1, 0.15) is 0 Å². The maximum atomic E-state index is 11.9. The van der Waals surface area contributed by atoms with Gasteiger partial charge in [-0.2, -0.15) is 0 Å². The van der Waals surface area contributed by atoms with E-state index in [4.69, 9.17) is 9.47 Å². The number of ether oxygens (including phenoxy) is 2. The van der Waals surface area contributed by atoms with E-state index in [2.05, 4.69) is 20.1 Å². The zero-order valence-corrected chi connectivity index (χ0v) is 9.88. The molecule has 1 aliphatic rings. The van der Waals surface area contributed by atoms with Crippen molar-refractivity contribution in [3.8, 4) is 11.5 Å². The molecule has 18 heavy (non-hydrogen) atoms. The van der Waals surface area contributed by atoms with E-state index < -0.39 is 6.10 Å². The van der Waals surface area contributed by atoms with Crippen LogP contribution in [0.5, 0.6) is 11.5 Å². The molecular weight excluding hydrogens is 256 g/mol. The Labute approximate surface area is 106 Å². The summed E-state index contributed by atoms with van der Waals surface area (Å²) in [6, 6.07) is 7.20. The lowest BCUT2D eigenvalue weighted by Crippen LogP contribution is -2.40. The van der Waals surface area contributed by atoms with Gasteiger partial charge in [0.25, 0.3) is 5.91 Å². The summed E-state index contributed by atoms with van der Waals surface area (Å²) in [5.41, 5.74) is 0. The topological polar surface area (TPSA) is 86.2 Å². The van der Waals surface area contributed by atoms with Gasteiger partial charge >= 0.3 is 0 Å². The Kier molecular flexibility index (Phi) is 2.77. The lowest BCUT2D eigenvalue weighted by molar-refractivity contribution is -0.125. The molecular formula is C10H8N4O3S. The molecule has 0 bridgehead atoms. The SMILES string of the molecule is O=C(Nc1nnns1)C1COc2ccccc2O1. The molecule has 1 atom stereocenters. The summed E-state index contributed by atoms with van der Waals surface area (Å²) in [5.74, 6) is 0.862. The fourth-order valence-corrected chi connectivity index (χ4v) is 1.89. The Morgan fingerprint density at radius 2 is 2.22 bits per heavy atom. The van der Waals surface area contributed by atoms with Crippen molar-refractivity contribution in [2.75, 3.05) is 11.9 Å². The molecule has 0 spiro atoms. The van der Waals surface area contributed by atoms with Gasteiger partial charge in [-0.25, -0.2) is 0 Å². The van der Waals surface area contributed by atoms with Gasteiger partial charge in [0.05, 0.1) is 0 Å². The van der Waals surface area contributed by atoms with Crippen LogP contribution in [0.3, 0.4) is 0 Å². The van der Waals surface area contributed by atoms with Gasteiger partial charge in [0.15, 0.2) is 11.5 Å². The molecule has 0 aliphatic carbocycles. The van der Waals surface area contributed by atoms with Crippen LogP contribution in [0.4, 0.5) is 5.13 Å². The third-order valence-corrected chi connectivity index (χ3v) is 2.84. The predicted octanol–water partition coefficient (Wildman–Crippen LogP) is 0.712. The van der Waals surface area contributed by atoms with E-state index in [1.165, 1.54) is 0 Å². The lowest BCUT2D eigenvalue weighted by Gasteiger charge is -2.25. The summed E-state index contributed by atoms with van der Waals surface area (Å²) < 4.78 is 14.5. The number of fused-ring (bicyclic) bond motifs is 1. The van der Waals surface area contributed by atoms with Crippen molar-refractivity contribution in [3.63, 3.8) is 0 Å². The molecule has 0 radical (unpaired) electrons. The van der Waals surface area contributed by atoms with Crippen LogP contribution in [0, 0.1) is 0 Å². The molecule has 0 fully saturated rings. The number of nitrogens with one attached hydrogen (secondary N) is 1. The second kappa shape index (κ2) is 4.57. The van der Waals surface area contributed by atoms with Gasteiger partial charge in [-0.1, -0.05) is 21.7 Å². The van der Waals surface area contributed by atoms with E-state index in [1.807, 2.05) is 12.1 Å². The molecule has 1 aromatic carbocycles. The van der Waals surface area contributed by atoms with Gasteiger partial charge in [-0.3, -0.25) is 10.1 Å². The average Bonchev–Trinajstić information content (AvgIpc) is 2.91. The van der Waals surface area contributed by atoms with Gasteiger partial charge in [0, 0.05) is 11.5 Å². The Balaban J connectivity index is 1.70. The number of para-hydroxylation sites is 2. The first-order valence-electron chi connectivity index (χ1n) is 5.17. The summed E-state index contributed by atoms with van der Waals surface area (Å²) in [6.45, 7) is 0.162. The normalized spacial score (nSPS) is 17.2. The first-order valence-corrected chi connectivity index (χ1v) is 5.94. The van der Waals surface area contributed by atoms with Crippen molar-refractivity contribution in [1.29, 1.82) is 0 Å². The van der Waals surface area contributed by atoms with Crippen LogP contribution in [0.15, 0.2) is 24.3 Å². The summed E-state index contributed by atoms with van der Waals surface area (Å²) in [6.07, 6.45) is -0.705. The summed E-state index contributed by atoms with van der Waals surface area (Å²) in [4.78, 5) is 11.9. The number of nitrogens with zero attached hydrogens (tertiary/aromatic N) is 3. The molecule has 1 aliphatic heterocycles. The van der Waals surface area contributed by atoms with Gasteiger partial charge in [0.2, 0.25) is 11.2 Å². The minimum Gasteiger partial charge on any atom is -0.485 e. The smallest absolute Gasteiger partial charge is 0.270 e. The highest BCUT2D eigenvalue weighted by atomic mass is 32.1. The van der Waals surface area contributed by atoms with Crippen LogP contribution < -0.4 is 14.8 Å². The Hall–Kier alpha value is -2.22. The van der Waals surface area contributed by atoms with Crippen LogP contribution in [0.2, 0.25) is 0 Å². The molecule has 0 saturated carbocycles. The first-order chi connectivity index (χ1) is 8.83. The lowest BCUT2D eigenvalue weighted by atomic mass is 10.2. The Bertz CT molecular complexity index is 560. The van der Waals surface area contributed by atoms with Gasteiger partial charge in [-0.15, -0.1) is 0 Å². The molecule has 1 aromatic heterocycles. The number of amides is 1. The Morgan fingerprint density at radius 3 is 3.00 bits per heavy atom. The fraction of sp³-hybridized carbons (Fsp3) is 0.200. The maximum absolute atomic E-state index is 11.9. The third kappa shape index (κ3) is 2.09. The van der Waals surface area contributed by atoms with E-state index in [0.717, 1.165) is 11.5 Å². The van der Waals surface area contributed by atoms with E-state index >= 15 is 0 Å². The monoisotopic (exact) mass is 264 g/mol. The first kappa shape index (κ1) is 10.9. The second-order valence-corrected chi connectivity index (χ2v) is 4.25. The standard InChI is InChI=1S/C10H8N4O3S/c15-9(11-10-12-13-14-18-10)8-5-16-6-3-1-2-4-7(6)17-8/h1-4,8H,5H2,(H,11,12,14,15). The second-order valence-electron chi connectivity index (χ2n) is 3.52. The molecule has 2 heterocycles. The van der Waals surface area contributed by atoms with Gasteiger partial charge < -0.3 is 9.47 Å². The molecule has 2 aromatic rings. The predicted molar refractivity (Wildman–Crippen MR) is 62.7 cm³/mol. The molecule has 0 saturated heterocycles. The summed E-state index contributed by atoms with van der Waals surface area (Å²) in [7, 11) is 0. The maximum Gasteiger partial charge on any atom is 0.270 e. The molecule has 7 nitrogen and oxygen atoms in total. The van der Waals surface area contributed by atoms with Crippen molar-refractivity contribution in [2.24, 2.45) is 0 Å². The van der Waals surface area contributed by atoms with Crippen LogP contribution in [-0.2, 0) is 4.79 Å². The van der Waals surface area contributed by atoms with E-state index in [-0.39, 0.29) is 12.5 Å². The highest BCUT2D eigenvalue weighted by Crippen LogP contribution is 2.31. The number of aromatic nitrogens is 3. The molecule has 1 amide bonds. The number of benzene rings is 1. The zero-order chi connectivity index (χ0) is 12.4. The van der Waals surface area contributed by atoms with Crippen LogP contribution >= 0.6 is 11.5 Å². The zero-order valence-electron chi connectivity index (χ0n) is 9.07. The number of rotatable bonds is 2. The highest BCUT2D eigenvalue weighted by molar-refractivity contribution is 7.09. The molecule has 92 valence electrons. The molecule has 1 unspecified atom stereocenters. The molecule has 3 rings (SSSR count). The van der Waals surface area contributed by atoms with Crippen LogP contribution in [0.25, 0.3) is 0 Å². The van der Waals surface area contributed by atoms with Crippen LogP contribution in [-0.4, -0.2) is 33.4 Å². The fourth-order valence-electron chi connectivity index (χ4n) is 1.52. The minimum atomic E-state index is -0.705. The summed E-state index contributed by atoms with van der Waals surface area (Å²) >= 11 is 1.00. The van der Waals surface area contributed by atoms with E-state index in [1.54, 1.807) is 12.1 Å². The van der Waals surface area contributed by atoms with Crippen molar-refractivity contribution in [1.82, 2.24) is 14.8 Å². The largest absolute Gasteiger partial charge is 0.485 e. The van der Waals surface area contributed by atoms with E-state index in [9.17, 15) is 4.79 Å². The van der Waals surface area contributed by atoms with E-state index in [0.29, 0.717) is 16.6 Å². The van der Waals surface area contributed by atoms with Crippen molar-refractivity contribution in [3.05, 3.63) is 24.3 Å². The number of hydrogen-bond donors (Lipinski definition) is 1. The van der Waals surface area contributed by atoms with Crippen molar-refractivity contribution < 1.29 is 14.3 Å². The van der Waals surface area contributed by atoms with Crippen molar-refractivity contribution in [2.45, 2.75) is 6.10 Å². The highest BCUT2D eigenvalue weighted by Gasteiger charge is 2.27. The number of carbonyl (C=O) groups excluding carboxylic acids is 1. The number of hydrogen-bond acceptors (Lipinski definition) is 7. The Morgan fingerprint density at radius 1 is 1.39 bits per heavy atom. The van der Waals surface area contributed by atoms with Gasteiger partial charge in [0.1, 0.15) is 6.61 Å². The molecule has 8 heteroatoms. The third-order valence-electron chi connectivity index (χ3n) is 2.33. The quantitative estimate of drug-likeness (QED) is 0.859. The average molecular weight is 264 g/mol. The minimum absolute atomic E-state index is 0.162. The summed E-state index contributed by atoms with van der Waals surface area (Å²) in [5, 5.41) is 9.91. The molecule has 1 N–H and O–H groups in total.